The van der Waals surface area contributed by atoms with E-state index in [4.69, 9.17) is 0 Å². The molecule has 0 fully saturated rings. The van der Waals surface area contributed by atoms with Crippen molar-refractivity contribution in [3.8, 4) is 0 Å². The smallest absolute Gasteiger partial charge is 0.173 e. The van der Waals surface area contributed by atoms with Gasteiger partial charge in [-0.3, -0.25) is 0 Å². The van der Waals surface area contributed by atoms with Crippen molar-refractivity contribution in [1.82, 2.24) is 0 Å². The summed E-state index contributed by atoms with van der Waals surface area (Å²) in [6.45, 7) is 4.00. The maximum Gasteiger partial charge on any atom is 0.173 e. The van der Waals surface area contributed by atoms with E-state index in [1.807, 2.05) is 0 Å². The minimum absolute atomic E-state index is 0.896. The summed E-state index contributed by atoms with van der Waals surface area (Å²) in [7, 11) is 0. The van der Waals surface area contributed by atoms with Gasteiger partial charge in [0.05, 0.1) is 0 Å². The van der Waals surface area contributed by atoms with Crippen molar-refractivity contribution in [2.75, 3.05) is 0 Å². The number of hydrogen-bond acceptors (Lipinski definition) is 0. The molecule has 2 aromatic carbocycles. The van der Waals surface area contributed by atoms with Gasteiger partial charge in [-0.25, -0.2) is 18.3 Å². The largest absolute Gasteiger partial charge is 0.205 e. The van der Waals surface area contributed by atoms with Gasteiger partial charge in [-0.15, -0.1) is 0 Å². The van der Waals surface area contributed by atoms with E-state index in [9.17, 15) is 0 Å². The monoisotopic (exact) mass is 714 g/mol. The molecule has 0 aliphatic carbocycles. The number of rotatable bonds is 21. The Morgan fingerprint density at radius 1 is 0.278 bits per heavy atom. The maximum absolute atomic E-state index is 2.32. The van der Waals surface area contributed by atoms with E-state index in [-0.39, 0.29) is 0 Å². The summed E-state index contributed by atoms with van der Waals surface area (Å²) in [4.78, 5) is 0. The Balaban J connectivity index is 0.756. The lowest BCUT2D eigenvalue weighted by Crippen LogP contribution is -2.33. The van der Waals surface area contributed by atoms with Crippen LogP contribution in [0, 0.1) is 0 Å². The molecular formula is C50H58N4+4. The van der Waals surface area contributed by atoms with Gasteiger partial charge >= 0.3 is 0 Å². The van der Waals surface area contributed by atoms with Gasteiger partial charge in [0.1, 0.15) is 13.1 Å². The van der Waals surface area contributed by atoms with Gasteiger partial charge in [0.15, 0.2) is 62.7 Å². The second-order valence-electron chi connectivity index (χ2n) is 14.5. The van der Waals surface area contributed by atoms with Crippen molar-refractivity contribution in [3.05, 3.63) is 192 Å². The number of aromatic nitrogens is 4. The Bertz CT molecular complexity index is 1820. The first kappa shape index (κ1) is 38.3. The van der Waals surface area contributed by atoms with Crippen LogP contribution in [0.25, 0.3) is 24.3 Å². The zero-order valence-corrected chi connectivity index (χ0v) is 32.0. The standard InChI is InChI=1S/C50H58N4/c1(3-5-7-15-33-51-35-25-45(26-36-51)21-23-47-29-39-53(40-30-47)43-49-17-11-9-12-18-49)2-4-6-8-16-34-52-37-27-46(28-38-52)22-24-48-31-41-54(42-32-48)44-50-19-13-10-14-20-50/h9-14,17-32,35-42H,1-8,15-16,33-34,43-44H2/q+4/b23-21+,24-22+. The van der Waals surface area contributed by atoms with Crippen LogP contribution in [-0.2, 0) is 26.2 Å². The van der Waals surface area contributed by atoms with Gasteiger partial charge < -0.3 is 0 Å². The number of nitrogens with zero attached hydrogens (tertiary/aromatic N) is 4. The first-order valence-corrected chi connectivity index (χ1v) is 20.2. The minimum atomic E-state index is 0.896. The highest BCUT2D eigenvalue weighted by Crippen LogP contribution is 2.12. The van der Waals surface area contributed by atoms with Crippen molar-refractivity contribution < 1.29 is 18.3 Å². The quantitative estimate of drug-likeness (QED) is 0.0521. The minimum Gasteiger partial charge on any atom is -0.205 e. The Morgan fingerprint density at radius 3 is 0.833 bits per heavy atom. The van der Waals surface area contributed by atoms with Crippen molar-refractivity contribution in [2.24, 2.45) is 0 Å². The van der Waals surface area contributed by atoms with Gasteiger partial charge in [0.25, 0.3) is 0 Å². The highest BCUT2D eigenvalue weighted by molar-refractivity contribution is 5.69. The molecule has 0 spiro atoms. The molecule has 54 heavy (non-hydrogen) atoms. The van der Waals surface area contributed by atoms with E-state index in [1.54, 1.807) is 0 Å². The Labute approximate surface area is 324 Å². The molecule has 0 radical (unpaired) electrons. The lowest BCUT2D eigenvalue weighted by atomic mass is 10.1. The van der Waals surface area contributed by atoms with Crippen LogP contribution in [-0.4, -0.2) is 0 Å². The highest BCUT2D eigenvalue weighted by Gasteiger charge is 2.05. The number of pyridine rings is 4. The molecule has 0 saturated carbocycles. The second kappa shape index (κ2) is 21.9. The molecule has 0 unspecified atom stereocenters. The number of benzene rings is 2. The first-order chi connectivity index (χ1) is 26.7. The summed E-state index contributed by atoms with van der Waals surface area (Å²) < 4.78 is 9.08. The van der Waals surface area contributed by atoms with Crippen LogP contribution >= 0.6 is 0 Å². The van der Waals surface area contributed by atoms with Crippen LogP contribution in [0.5, 0.6) is 0 Å². The van der Waals surface area contributed by atoms with E-state index in [0.29, 0.717) is 0 Å². The summed E-state index contributed by atoms with van der Waals surface area (Å²) in [6.07, 6.45) is 39.6. The normalized spacial score (nSPS) is 11.5. The van der Waals surface area contributed by atoms with Crippen LogP contribution in [0.4, 0.5) is 0 Å². The molecule has 6 aromatic rings. The molecule has 0 atom stereocenters. The average Bonchev–Trinajstić information content (AvgIpc) is 3.22. The zero-order chi connectivity index (χ0) is 36.9. The fraction of sp³-hybridized carbons (Fsp3) is 0.280. The topological polar surface area (TPSA) is 15.5 Å². The molecule has 0 N–H and O–H groups in total. The highest BCUT2D eigenvalue weighted by atomic mass is 14.9. The Kier molecular flexibility index (Phi) is 15.5. The van der Waals surface area contributed by atoms with E-state index in [2.05, 4.69) is 201 Å². The predicted octanol–water partition coefficient (Wildman–Crippen LogP) is 9.88. The Morgan fingerprint density at radius 2 is 0.537 bits per heavy atom. The molecule has 4 heterocycles. The summed E-state index contributed by atoms with van der Waals surface area (Å²) in [5.74, 6) is 0. The molecule has 0 aliphatic heterocycles. The zero-order valence-electron chi connectivity index (χ0n) is 32.0. The molecule has 4 heteroatoms. The molecule has 6 rings (SSSR count). The van der Waals surface area contributed by atoms with E-state index in [0.717, 1.165) is 26.2 Å². The van der Waals surface area contributed by atoms with Crippen LogP contribution in [0.15, 0.2) is 159 Å². The van der Waals surface area contributed by atoms with Crippen molar-refractivity contribution in [2.45, 2.75) is 90.4 Å². The maximum atomic E-state index is 2.32. The summed E-state index contributed by atoms with van der Waals surface area (Å²) >= 11 is 0. The van der Waals surface area contributed by atoms with Crippen LogP contribution < -0.4 is 18.3 Å². The third-order valence-corrected chi connectivity index (χ3v) is 10.1. The van der Waals surface area contributed by atoms with Crippen molar-refractivity contribution in [1.29, 1.82) is 0 Å². The fourth-order valence-corrected chi connectivity index (χ4v) is 6.81. The molecule has 0 saturated heterocycles. The average molecular weight is 715 g/mol. The van der Waals surface area contributed by atoms with Gasteiger partial charge in [-0.1, -0.05) is 123 Å². The van der Waals surface area contributed by atoms with Gasteiger partial charge in [0.2, 0.25) is 0 Å². The van der Waals surface area contributed by atoms with E-state index < -0.39 is 0 Å². The molecule has 274 valence electrons. The van der Waals surface area contributed by atoms with Gasteiger partial charge in [-0.05, 0) is 35.1 Å². The first-order valence-electron chi connectivity index (χ1n) is 20.2. The molecule has 0 aliphatic rings. The lowest BCUT2D eigenvalue weighted by Gasteiger charge is -2.02. The molecule has 4 nitrogen and oxygen atoms in total. The summed E-state index contributed by atoms with van der Waals surface area (Å²) in [5.41, 5.74) is 7.54. The molecule has 4 aromatic heterocycles. The fourth-order valence-electron chi connectivity index (χ4n) is 6.81. The number of hydrogen-bond donors (Lipinski definition) is 0. The SMILES string of the molecule is C(=C\c1cc[n+](Cc2ccccc2)cc1)/c1cc[n+](CCCCCCCCCCCC[n+]2ccc(/C=C/c3cc[n+](Cc4ccccc4)cc3)cc2)cc1. The van der Waals surface area contributed by atoms with Crippen molar-refractivity contribution >= 4 is 24.3 Å². The second-order valence-corrected chi connectivity index (χ2v) is 14.5. The van der Waals surface area contributed by atoms with Crippen molar-refractivity contribution in [3.63, 3.8) is 0 Å². The summed E-state index contributed by atoms with van der Waals surface area (Å²) in [5, 5.41) is 0. The molecular weight excluding hydrogens is 657 g/mol. The van der Waals surface area contributed by atoms with Gasteiger partial charge in [0, 0.05) is 72.5 Å². The Hall–Kier alpha value is -5.48. The number of aryl methyl sites for hydroxylation is 2. The third-order valence-electron chi connectivity index (χ3n) is 10.1. The molecule has 0 bridgehead atoms. The molecule has 0 amide bonds. The van der Waals surface area contributed by atoms with Gasteiger partial charge in [-0.2, -0.15) is 0 Å². The summed E-state index contributed by atoms with van der Waals surface area (Å²) in [6, 6.07) is 38.8. The van der Waals surface area contributed by atoms with Crippen LogP contribution in [0.2, 0.25) is 0 Å². The number of unbranched alkanes of at least 4 members (excludes halogenated alkanes) is 9. The van der Waals surface area contributed by atoms with Crippen LogP contribution in [0.3, 0.4) is 0 Å². The van der Waals surface area contributed by atoms with E-state index in [1.165, 1.54) is 97.6 Å². The van der Waals surface area contributed by atoms with Crippen LogP contribution in [0.1, 0.15) is 97.6 Å². The lowest BCUT2D eigenvalue weighted by molar-refractivity contribution is -0.697. The van der Waals surface area contributed by atoms with E-state index >= 15 is 0 Å². The predicted molar refractivity (Wildman–Crippen MR) is 222 cm³/mol. The third kappa shape index (κ3) is 13.8.